The average Bonchev–Trinajstić information content (AvgIpc) is 2.18. The van der Waals surface area contributed by atoms with Crippen molar-refractivity contribution in [3.63, 3.8) is 0 Å². The van der Waals surface area contributed by atoms with Crippen molar-refractivity contribution in [2.45, 2.75) is 12.8 Å². The molecule has 0 aromatic heterocycles. The van der Waals surface area contributed by atoms with Crippen molar-refractivity contribution in [3.05, 3.63) is 29.6 Å². The predicted octanol–water partition coefficient (Wildman–Crippen LogP) is 1.07. The van der Waals surface area contributed by atoms with E-state index in [0.717, 1.165) is 5.56 Å². The largest absolute Gasteiger partial charge is 0.396 e. The summed E-state index contributed by atoms with van der Waals surface area (Å²) in [6, 6.07) is 4.55. The lowest BCUT2D eigenvalue weighted by molar-refractivity contribution is 0.547. The zero-order chi connectivity index (χ0) is 11.3. The average molecular weight is 232 g/mol. The molecule has 1 unspecified atom stereocenters. The number of nitrogen functional groups attached to an aromatic ring is 1. The van der Waals surface area contributed by atoms with Gasteiger partial charge in [-0.15, -0.1) is 0 Å². The Kier molecular flexibility index (Phi) is 4.67. The van der Waals surface area contributed by atoms with E-state index in [0.29, 0.717) is 19.4 Å². The van der Waals surface area contributed by atoms with E-state index < -0.39 is 17.1 Å². The number of halogens is 1. The normalized spacial score (nSPS) is 12.7. The first kappa shape index (κ1) is 12.1. The fourth-order valence-corrected chi connectivity index (χ4v) is 1.52. The van der Waals surface area contributed by atoms with Crippen LogP contribution in [0.1, 0.15) is 12.0 Å². The Morgan fingerprint density at radius 1 is 1.53 bits per heavy atom. The number of aryl methyl sites for hydroxylation is 1. The predicted molar refractivity (Wildman–Crippen MR) is 57.9 cm³/mol. The summed E-state index contributed by atoms with van der Waals surface area (Å²) >= 11 is -1.97. The quantitative estimate of drug-likeness (QED) is 0.404. The highest BCUT2D eigenvalue weighted by molar-refractivity contribution is 7.77. The molecule has 1 atom stereocenters. The highest BCUT2D eigenvalue weighted by Crippen LogP contribution is 2.13. The molecule has 84 valence electrons. The van der Waals surface area contributed by atoms with Crippen LogP contribution in [0.2, 0.25) is 0 Å². The van der Waals surface area contributed by atoms with Gasteiger partial charge in [0.15, 0.2) is 0 Å². The first-order valence-electron chi connectivity index (χ1n) is 4.48. The van der Waals surface area contributed by atoms with Crippen LogP contribution in [0, 0.1) is 5.82 Å². The Labute approximate surface area is 90.1 Å². The molecule has 15 heavy (non-hydrogen) atoms. The summed E-state index contributed by atoms with van der Waals surface area (Å²) in [7, 11) is 0. The standard InChI is InChI=1S/C9H13FN2O2S/c10-8-4-3-7(6-9(8)11)2-1-5-12-15(13)14/h3-4,6,12H,1-2,5,11H2,(H,13,14). The second-order valence-corrected chi connectivity index (χ2v) is 3.89. The van der Waals surface area contributed by atoms with Crippen LogP contribution in [0.25, 0.3) is 0 Å². The third-order valence-corrected chi connectivity index (χ3v) is 2.38. The smallest absolute Gasteiger partial charge is 0.231 e. The molecule has 0 aliphatic carbocycles. The van der Waals surface area contributed by atoms with Crippen molar-refractivity contribution in [1.29, 1.82) is 0 Å². The van der Waals surface area contributed by atoms with Crippen LogP contribution in [-0.2, 0) is 17.7 Å². The number of hydrogen-bond donors (Lipinski definition) is 3. The molecule has 4 nitrogen and oxygen atoms in total. The maximum absolute atomic E-state index is 12.8. The monoisotopic (exact) mass is 232 g/mol. The molecule has 0 spiro atoms. The van der Waals surface area contributed by atoms with Crippen molar-refractivity contribution in [1.82, 2.24) is 4.72 Å². The first-order valence-corrected chi connectivity index (χ1v) is 5.58. The van der Waals surface area contributed by atoms with Crippen molar-refractivity contribution in [2.75, 3.05) is 12.3 Å². The van der Waals surface area contributed by atoms with Gasteiger partial charge >= 0.3 is 0 Å². The highest BCUT2D eigenvalue weighted by Gasteiger charge is 2.00. The molecule has 6 heteroatoms. The van der Waals surface area contributed by atoms with Crippen molar-refractivity contribution in [2.24, 2.45) is 0 Å². The van der Waals surface area contributed by atoms with Crippen LogP contribution in [0.4, 0.5) is 10.1 Å². The minimum absolute atomic E-state index is 0.131. The summed E-state index contributed by atoms with van der Waals surface area (Å²) in [6.45, 7) is 0.431. The van der Waals surface area contributed by atoms with E-state index in [1.165, 1.54) is 6.07 Å². The number of benzene rings is 1. The molecule has 0 aliphatic rings. The molecule has 0 saturated heterocycles. The molecule has 0 heterocycles. The Hall–Kier alpha value is -0.980. The number of anilines is 1. The summed E-state index contributed by atoms with van der Waals surface area (Å²) in [5, 5.41) is 0. The van der Waals surface area contributed by atoms with E-state index >= 15 is 0 Å². The second kappa shape index (κ2) is 5.79. The molecular weight excluding hydrogens is 219 g/mol. The molecule has 1 rings (SSSR count). The Balaban J connectivity index is 2.38. The van der Waals surface area contributed by atoms with E-state index in [1.807, 2.05) is 0 Å². The molecule has 0 bridgehead atoms. The van der Waals surface area contributed by atoms with E-state index in [2.05, 4.69) is 4.72 Å². The number of nitrogens with two attached hydrogens (primary N) is 1. The van der Waals surface area contributed by atoms with Crippen molar-refractivity contribution < 1.29 is 13.2 Å². The molecule has 0 radical (unpaired) electrons. The highest BCUT2D eigenvalue weighted by atomic mass is 32.2. The van der Waals surface area contributed by atoms with Crippen LogP contribution in [0.3, 0.4) is 0 Å². The lowest BCUT2D eigenvalue weighted by Gasteiger charge is -2.03. The topological polar surface area (TPSA) is 75.3 Å². The van der Waals surface area contributed by atoms with Gasteiger partial charge < -0.3 is 5.73 Å². The van der Waals surface area contributed by atoms with Gasteiger partial charge in [0.1, 0.15) is 5.82 Å². The summed E-state index contributed by atoms with van der Waals surface area (Å²) in [4.78, 5) is 0. The summed E-state index contributed by atoms with van der Waals surface area (Å²) < 4.78 is 33.8. The van der Waals surface area contributed by atoms with Gasteiger partial charge in [-0.05, 0) is 30.5 Å². The molecule has 0 amide bonds. The van der Waals surface area contributed by atoms with E-state index in [4.69, 9.17) is 10.3 Å². The molecule has 0 saturated carbocycles. The molecule has 0 fully saturated rings. The summed E-state index contributed by atoms with van der Waals surface area (Å²) in [5.41, 5.74) is 6.44. The second-order valence-electron chi connectivity index (χ2n) is 3.10. The minimum atomic E-state index is -1.97. The van der Waals surface area contributed by atoms with Gasteiger partial charge in [0.2, 0.25) is 11.3 Å². The van der Waals surface area contributed by atoms with Gasteiger partial charge in [-0.2, -0.15) is 0 Å². The van der Waals surface area contributed by atoms with Gasteiger partial charge in [0.25, 0.3) is 0 Å². The Morgan fingerprint density at radius 3 is 2.87 bits per heavy atom. The third-order valence-electron chi connectivity index (χ3n) is 1.93. The lowest BCUT2D eigenvalue weighted by atomic mass is 10.1. The fourth-order valence-electron chi connectivity index (χ4n) is 1.20. The van der Waals surface area contributed by atoms with Crippen LogP contribution in [0.15, 0.2) is 18.2 Å². The van der Waals surface area contributed by atoms with Crippen LogP contribution < -0.4 is 10.5 Å². The zero-order valence-corrected chi connectivity index (χ0v) is 8.89. The Morgan fingerprint density at radius 2 is 2.27 bits per heavy atom. The number of rotatable bonds is 5. The molecule has 0 aliphatic heterocycles. The van der Waals surface area contributed by atoms with Gasteiger partial charge in [0, 0.05) is 6.54 Å². The minimum Gasteiger partial charge on any atom is -0.396 e. The summed E-state index contributed by atoms with van der Waals surface area (Å²) in [5.74, 6) is -0.423. The van der Waals surface area contributed by atoms with Crippen LogP contribution in [0.5, 0.6) is 0 Å². The zero-order valence-electron chi connectivity index (χ0n) is 8.07. The van der Waals surface area contributed by atoms with Crippen molar-refractivity contribution >= 4 is 17.0 Å². The van der Waals surface area contributed by atoms with Gasteiger partial charge in [-0.1, -0.05) is 6.07 Å². The van der Waals surface area contributed by atoms with Crippen molar-refractivity contribution in [3.8, 4) is 0 Å². The SMILES string of the molecule is Nc1cc(CCCNS(=O)O)ccc1F. The lowest BCUT2D eigenvalue weighted by Crippen LogP contribution is -2.17. The van der Waals surface area contributed by atoms with Gasteiger partial charge in [-0.3, -0.25) is 4.55 Å². The summed E-state index contributed by atoms with van der Waals surface area (Å²) in [6.07, 6.45) is 1.38. The maximum atomic E-state index is 12.8. The van der Waals surface area contributed by atoms with E-state index in [-0.39, 0.29) is 5.69 Å². The maximum Gasteiger partial charge on any atom is 0.231 e. The molecular formula is C9H13FN2O2S. The van der Waals surface area contributed by atoms with E-state index in [9.17, 15) is 8.60 Å². The fraction of sp³-hybridized carbons (Fsp3) is 0.333. The molecule has 1 aromatic rings. The van der Waals surface area contributed by atoms with Crippen LogP contribution >= 0.6 is 0 Å². The van der Waals surface area contributed by atoms with Gasteiger partial charge in [0.05, 0.1) is 5.69 Å². The third kappa shape index (κ3) is 4.37. The number of nitrogens with one attached hydrogen (secondary N) is 1. The number of hydrogen-bond acceptors (Lipinski definition) is 2. The molecule has 1 aromatic carbocycles. The van der Waals surface area contributed by atoms with Crippen LogP contribution in [-0.4, -0.2) is 15.3 Å². The van der Waals surface area contributed by atoms with E-state index in [1.54, 1.807) is 12.1 Å². The molecule has 4 N–H and O–H groups in total. The first-order chi connectivity index (χ1) is 7.09. The van der Waals surface area contributed by atoms with Gasteiger partial charge in [-0.25, -0.2) is 13.3 Å². The Bertz CT molecular complexity index is 360.